The normalized spacial score (nSPS) is 25.2. The predicted octanol–water partition coefficient (Wildman–Crippen LogP) is 1.54. The maximum absolute atomic E-state index is 10.9. The molecule has 1 aliphatic rings. The van der Waals surface area contributed by atoms with Crippen molar-refractivity contribution < 1.29 is 9.90 Å². The highest BCUT2D eigenvalue weighted by atomic mass is 16.4. The Hall–Kier alpha value is -1.55. The van der Waals surface area contributed by atoms with E-state index in [4.69, 9.17) is 10.8 Å². The topological polar surface area (TPSA) is 75.4 Å². The summed E-state index contributed by atoms with van der Waals surface area (Å²) < 4.78 is 0. The zero-order valence-electron chi connectivity index (χ0n) is 9.02. The van der Waals surface area contributed by atoms with E-state index in [-0.39, 0.29) is 6.04 Å². The van der Waals surface area contributed by atoms with Crippen LogP contribution in [0.2, 0.25) is 0 Å². The molecule has 1 fully saturated rings. The Morgan fingerprint density at radius 1 is 1.44 bits per heavy atom. The SMILES string of the molecule is Nc1cccc(C2CCCC(C(=O)O)N2)c1. The third kappa shape index (κ3) is 2.33. The first-order chi connectivity index (χ1) is 7.66. The smallest absolute Gasteiger partial charge is 0.320 e. The number of anilines is 1. The molecule has 0 spiro atoms. The van der Waals surface area contributed by atoms with Gasteiger partial charge < -0.3 is 10.8 Å². The van der Waals surface area contributed by atoms with Gasteiger partial charge in [0.25, 0.3) is 0 Å². The number of benzene rings is 1. The minimum Gasteiger partial charge on any atom is -0.480 e. The molecule has 4 N–H and O–H groups in total. The molecule has 1 aromatic rings. The largest absolute Gasteiger partial charge is 0.480 e. The third-order valence-electron chi connectivity index (χ3n) is 3.00. The monoisotopic (exact) mass is 220 g/mol. The van der Waals surface area contributed by atoms with Gasteiger partial charge in [0.2, 0.25) is 0 Å². The van der Waals surface area contributed by atoms with E-state index >= 15 is 0 Å². The van der Waals surface area contributed by atoms with Crippen LogP contribution in [-0.4, -0.2) is 17.1 Å². The maximum atomic E-state index is 10.9. The number of aliphatic carboxylic acids is 1. The molecule has 0 aromatic heterocycles. The molecule has 2 unspecified atom stereocenters. The van der Waals surface area contributed by atoms with E-state index in [0.29, 0.717) is 6.42 Å². The molecule has 2 rings (SSSR count). The molecule has 0 radical (unpaired) electrons. The van der Waals surface area contributed by atoms with E-state index in [1.165, 1.54) is 0 Å². The summed E-state index contributed by atoms with van der Waals surface area (Å²) in [7, 11) is 0. The fourth-order valence-electron chi connectivity index (χ4n) is 2.17. The first kappa shape index (κ1) is 11.0. The maximum Gasteiger partial charge on any atom is 0.320 e. The van der Waals surface area contributed by atoms with Crippen LogP contribution in [0.5, 0.6) is 0 Å². The van der Waals surface area contributed by atoms with Crippen molar-refractivity contribution in [1.82, 2.24) is 5.32 Å². The molecule has 86 valence electrons. The lowest BCUT2D eigenvalue weighted by Gasteiger charge is -2.29. The van der Waals surface area contributed by atoms with Gasteiger partial charge in [0.15, 0.2) is 0 Å². The van der Waals surface area contributed by atoms with E-state index in [0.717, 1.165) is 24.1 Å². The second kappa shape index (κ2) is 4.53. The zero-order valence-corrected chi connectivity index (χ0v) is 9.02. The average molecular weight is 220 g/mol. The number of hydrogen-bond donors (Lipinski definition) is 3. The van der Waals surface area contributed by atoms with Gasteiger partial charge in [-0.25, -0.2) is 0 Å². The molecule has 1 heterocycles. The molecular weight excluding hydrogens is 204 g/mol. The molecule has 0 bridgehead atoms. The Balaban J connectivity index is 2.12. The van der Waals surface area contributed by atoms with Crippen LogP contribution in [0.1, 0.15) is 30.9 Å². The van der Waals surface area contributed by atoms with Gasteiger partial charge >= 0.3 is 5.97 Å². The molecule has 1 aromatic carbocycles. The lowest BCUT2D eigenvalue weighted by atomic mass is 9.93. The summed E-state index contributed by atoms with van der Waals surface area (Å²) in [5.74, 6) is -0.770. The zero-order chi connectivity index (χ0) is 11.5. The molecule has 1 aliphatic heterocycles. The molecule has 4 heteroatoms. The number of carboxylic acid groups (broad SMARTS) is 1. The highest BCUT2D eigenvalue weighted by Gasteiger charge is 2.26. The van der Waals surface area contributed by atoms with Crippen LogP contribution in [0.15, 0.2) is 24.3 Å². The van der Waals surface area contributed by atoms with Gasteiger partial charge in [-0.1, -0.05) is 12.1 Å². The van der Waals surface area contributed by atoms with E-state index in [2.05, 4.69) is 5.32 Å². The van der Waals surface area contributed by atoms with Gasteiger partial charge in [-0.05, 0) is 37.0 Å². The highest BCUT2D eigenvalue weighted by molar-refractivity contribution is 5.73. The van der Waals surface area contributed by atoms with E-state index < -0.39 is 12.0 Å². The minimum absolute atomic E-state index is 0.110. The Kier molecular flexibility index (Phi) is 3.10. The number of nitrogens with two attached hydrogens (primary N) is 1. The number of carbonyl (C=O) groups is 1. The van der Waals surface area contributed by atoms with Crippen LogP contribution in [0.4, 0.5) is 5.69 Å². The summed E-state index contributed by atoms with van der Waals surface area (Å²) in [5, 5.41) is 12.1. The van der Waals surface area contributed by atoms with E-state index in [9.17, 15) is 4.79 Å². The summed E-state index contributed by atoms with van der Waals surface area (Å²) in [6, 6.07) is 7.30. The summed E-state index contributed by atoms with van der Waals surface area (Å²) in [4.78, 5) is 10.9. The summed E-state index contributed by atoms with van der Waals surface area (Å²) >= 11 is 0. The third-order valence-corrected chi connectivity index (χ3v) is 3.00. The standard InChI is InChI=1S/C12H16N2O2/c13-9-4-1-3-8(7-9)10-5-2-6-11(14-10)12(15)16/h1,3-4,7,10-11,14H,2,5-6,13H2,(H,15,16). The summed E-state index contributed by atoms with van der Waals surface area (Å²) in [6.45, 7) is 0. The van der Waals surface area contributed by atoms with Crippen molar-refractivity contribution in [2.45, 2.75) is 31.3 Å². The van der Waals surface area contributed by atoms with Crippen LogP contribution >= 0.6 is 0 Å². The lowest BCUT2D eigenvalue weighted by molar-refractivity contribution is -0.140. The molecule has 4 nitrogen and oxygen atoms in total. The Bertz CT molecular complexity index is 392. The van der Waals surface area contributed by atoms with Crippen molar-refractivity contribution >= 4 is 11.7 Å². The Morgan fingerprint density at radius 3 is 2.94 bits per heavy atom. The second-order valence-electron chi connectivity index (χ2n) is 4.21. The van der Waals surface area contributed by atoms with Crippen molar-refractivity contribution in [3.8, 4) is 0 Å². The molecule has 1 saturated heterocycles. The van der Waals surface area contributed by atoms with Crippen molar-refractivity contribution in [2.75, 3.05) is 5.73 Å². The Labute approximate surface area is 94.5 Å². The summed E-state index contributed by atoms with van der Waals surface area (Å²) in [6.07, 6.45) is 2.60. The fourth-order valence-corrected chi connectivity index (χ4v) is 2.17. The first-order valence-electron chi connectivity index (χ1n) is 5.51. The van der Waals surface area contributed by atoms with Crippen LogP contribution < -0.4 is 11.1 Å². The number of rotatable bonds is 2. The van der Waals surface area contributed by atoms with Crippen LogP contribution in [0.3, 0.4) is 0 Å². The van der Waals surface area contributed by atoms with Crippen molar-refractivity contribution in [3.63, 3.8) is 0 Å². The van der Waals surface area contributed by atoms with E-state index in [1.807, 2.05) is 24.3 Å². The van der Waals surface area contributed by atoms with Crippen LogP contribution in [0, 0.1) is 0 Å². The van der Waals surface area contributed by atoms with Crippen molar-refractivity contribution in [1.29, 1.82) is 0 Å². The van der Waals surface area contributed by atoms with Gasteiger partial charge in [0.1, 0.15) is 6.04 Å². The molecule has 0 aliphatic carbocycles. The van der Waals surface area contributed by atoms with Gasteiger partial charge in [0.05, 0.1) is 0 Å². The van der Waals surface area contributed by atoms with Crippen LogP contribution in [-0.2, 0) is 4.79 Å². The predicted molar refractivity (Wildman–Crippen MR) is 62.0 cm³/mol. The number of nitrogens with one attached hydrogen (secondary N) is 1. The van der Waals surface area contributed by atoms with Gasteiger partial charge in [-0.15, -0.1) is 0 Å². The highest BCUT2D eigenvalue weighted by Crippen LogP contribution is 2.26. The lowest BCUT2D eigenvalue weighted by Crippen LogP contribution is -2.42. The van der Waals surface area contributed by atoms with Gasteiger partial charge in [0, 0.05) is 11.7 Å². The van der Waals surface area contributed by atoms with Gasteiger partial charge in [-0.3, -0.25) is 10.1 Å². The van der Waals surface area contributed by atoms with Crippen molar-refractivity contribution in [2.24, 2.45) is 0 Å². The van der Waals surface area contributed by atoms with E-state index in [1.54, 1.807) is 0 Å². The molecule has 2 atom stereocenters. The quantitative estimate of drug-likeness (QED) is 0.661. The summed E-state index contributed by atoms with van der Waals surface area (Å²) in [5.41, 5.74) is 7.51. The van der Waals surface area contributed by atoms with Gasteiger partial charge in [-0.2, -0.15) is 0 Å². The molecule has 16 heavy (non-hydrogen) atoms. The second-order valence-corrected chi connectivity index (χ2v) is 4.21. The molecule has 0 saturated carbocycles. The van der Waals surface area contributed by atoms with Crippen molar-refractivity contribution in [3.05, 3.63) is 29.8 Å². The number of carboxylic acids is 1. The number of nitrogen functional groups attached to an aromatic ring is 1. The minimum atomic E-state index is -0.770. The number of hydrogen-bond acceptors (Lipinski definition) is 3. The van der Waals surface area contributed by atoms with Crippen LogP contribution in [0.25, 0.3) is 0 Å². The average Bonchev–Trinajstić information content (AvgIpc) is 2.29. The Morgan fingerprint density at radius 2 is 2.25 bits per heavy atom. The number of piperidine rings is 1. The molecular formula is C12H16N2O2. The first-order valence-corrected chi connectivity index (χ1v) is 5.51. The molecule has 0 amide bonds. The fraction of sp³-hybridized carbons (Fsp3) is 0.417.